The molecule has 1 aliphatic rings. The number of para-hydroxylation sites is 1. The second-order valence-electron chi connectivity index (χ2n) is 5.15. The third-order valence-corrected chi connectivity index (χ3v) is 3.70. The number of hydrogen-bond donors (Lipinski definition) is 2. The normalized spacial score (nSPS) is 20.4. The van der Waals surface area contributed by atoms with Crippen molar-refractivity contribution in [2.45, 2.75) is 5.60 Å². The average molecular weight is 268 g/mol. The maximum atomic E-state index is 12.2. The predicted molar refractivity (Wildman–Crippen MR) is 78.8 cm³/mol. The number of amides is 1. The minimum atomic E-state index is -1.61. The first-order valence-corrected chi connectivity index (χ1v) is 6.44. The highest BCUT2D eigenvalue weighted by Gasteiger charge is 2.46. The molecule has 1 heterocycles. The van der Waals surface area contributed by atoms with E-state index in [1.807, 2.05) is 43.3 Å². The van der Waals surface area contributed by atoms with Crippen molar-refractivity contribution in [1.82, 2.24) is 0 Å². The van der Waals surface area contributed by atoms with Gasteiger partial charge in [-0.15, -0.1) is 0 Å². The van der Waals surface area contributed by atoms with E-state index in [0.29, 0.717) is 16.8 Å². The van der Waals surface area contributed by atoms with Gasteiger partial charge in [0.25, 0.3) is 5.91 Å². The molecule has 3 rings (SSSR count). The van der Waals surface area contributed by atoms with Crippen molar-refractivity contribution < 1.29 is 9.90 Å². The van der Waals surface area contributed by atoms with Gasteiger partial charge < -0.3 is 15.3 Å². The van der Waals surface area contributed by atoms with Crippen molar-refractivity contribution >= 4 is 17.3 Å². The summed E-state index contributed by atoms with van der Waals surface area (Å²) in [4.78, 5) is 14.2. The number of carbonyl (C=O) groups excluding carboxylic acids is 1. The van der Waals surface area contributed by atoms with Gasteiger partial charge in [-0.1, -0.05) is 30.3 Å². The third-order valence-electron chi connectivity index (χ3n) is 3.70. The summed E-state index contributed by atoms with van der Waals surface area (Å²) in [6, 6.07) is 14.6. The second-order valence-corrected chi connectivity index (χ2v) is 5.15. The van der Waals surface area contributed by atoms with Crippen LogP contribution in [0.5, 0.6) is 0 Å². The van der Waals surface area contributed by atoms with Crippen molar-refractivity contribution in [2.75, 3.05) is 24.3 Å². The Kier molecular flexibility index (Phi) is 2.76. The van der Waals surface area contributed by atoms with E-state index in [0.717, 1.165) is 5.69 Å². The zero-order chi connectivity index (χ0) is 14.3. The van der Waals surface area contributed by atoms with Crippen LogP contribution in [0.15, 0.2) is 48.5 Å². The molecule has 0 aromatic heterocycles. The molecular weight excluding hydrogens is 252 g/mol. The van der Waals surface area contributed by atoms with Crippen molar-refractivity contribution in [1.29, 1.82) is 0 Å². The van der Waals surface area contributed by atoms with Crippen LogP contribution in [0, 0.1) is 0 Å². The number of carbonyl (C=O) groups is 1. The van der Waals surface area contributed by atoms with Gasteiger partial charge in [0.1, 0.15) is 0 Å². The Balaban J connectivity index is 2.10. The molecule has 102 valence electrons. The summed E-state index contributed by atoms with van der Waals surface area (Å²) in [7, 11) is 3.89. The molecular formula is C16H16N2O2. The number of fused-ring (bicyclic) bond motifs is 1. The van der Waals surface area contributed by atoms with E-state index in [1.54, 1.807) is 24.3 Å². The van der Waals surface area contributed by atoms with Crippen molar-refractivity contribution in [3.63, 3.8) is 0 Å². The van der Waals surface area contributed by atoms with E-state index in [1.165, 1.54) is 0 Å². The summed E-state index contributed by atoms with van der Waals surface area (Å²) in [5, 5.41) is 13.6. The summed E-state index contributed by atoms with van der Waals surface area (Å²) in [6.45, 7) is 0. The van der Waals surface area contributed by atoms with E-state index >= 15 is 0 Å². The fraction of sp³-hybridized carbons (Fsp3) is 0.188. The minimum absolute atomic E-state index is 0.406. The zero-order valence-corrected chi connectivity index (χ0v) is 11.4. The Morgan fingerprint density at radius 1 is 1.05 bits per heavy atom. The Hall–Kier alpha value is -2.33. The molecule has 0 spiro atoms. The summed E-state index contributed by atoms with van der Waals surface area (Å²) in [5.41, 5.74) is 1.25. The lowest BCUT2D eigenvalue weighted by Crippen LogP contribution is -2.35. The van der Waals surface area contributed by atoms with E-state index in [-0.39, 0.29) is 0 Å². The van der Waals surface area contributed by atoms with E-state index in [2.05, 4.69) is 5.32 Å². The molecule has 0 fully saturated rings. The topological polar surface area (TPSA) is 52.6 Å². The smallest absolute Gasteiger partial charge is 0.265 e. The first-order valence-electron chi connectivity index (χ1n) is 6.44. The maximum Gasteiger partial charge on any atom is 0.265 e. The molecule has 1 unspecified atom stereocenters. The third kappa shape index (κ3) is 1.69. The highest BCUT2D eigenvalue weighted by molar-refractivity contribution is 6.07. The number of aliphatic hydroxyl groups is 1. The molecule has 2 N–H and O–H groups in total. The van der Waals surface area contributed by atoms with Crippen molar-refractivity contribution in [3.8, 4) is 0 Å². The standard InChI is InChI=1S/C16H16N2O2/c1-18(2)12-9-7-11(8-10-12)16(20)13-5-3-4-6-14(13)17-15(16)19/h3-10,20H,1-2H3,(H,17,19). The molecule has 1 aliphatic heterocycles. The molecule has 2 aromatic carbocycles. The van der Waals surface area contributed by atoms with Crippen LogP contribution in [0.1, 0.15) is 11.1 Å². The van der Waals surface area contributed by atoms with Crippen molar-refractivity contribution in [2.24, 2.45) is 0 Å². The Labute approximate surface area is 117 Å². The summed E-state index contributed by atoms with van der Waals surface area (Å²) < 4.78 is 0. The Morgan fingerprint density at radius 2 is 1.70 bits per heavy atom. The number of nitrogens with zero attached hydrogens (tertiary/aromatic N) is 1. The maximum absolute atomic E-state index is 12.2. The molecule has 1 atom stereocenters. The molecule has 0 saturated heterocycles. The van der Waals surface area contributed by atoms with Crippen LogP contribution in [-0.2, 0) is 10.4 Å². The second kappa shape index (κ2) is 4.35. The summed E-state index contributed by atoms with van der Waals surface area (Å²) in [5.74, 6) is -0.406. The highest BCUT2D eigenvalue weighted by atomic mass is 16.3. The van der Waals surface area contributed by atoms with Gasteiger partial charge in [0.2, 0.25) is 0 Å². The average Bonchev–Trinajstić information content (AvgIpc) is 2.72. The molecule has 4 nitrogen and oxygen atoms in total. The lowest BCUT2D eigenvalue weighted by atomic mass is 9.87. The number of hydrogen-bond acceptors (Lipinski definition) is 3. The molecule has 1 amide bonds. The van der Waals surface area contributed by atoms with E-state index in [9.17, 15) is 9.90 Å². The van der Waals surface area contributed by atoms with Gasteiger partial charge in [0.05, 0.1) is 0 Å². The van der Waals surface area contributed by atoms with Gasteiger partial charge in [-0.3, -0.25) is 4.79 Å². The first kappa shape index (κ1) is 12.7. The fourth-order valence-electron chi connectivity index (χ4n) is 2.53. The van der Waals surface area contributed by atoms with Crippen LogP contribution in [0.25, 0.3) is 0 Å². The van der Waals surface area contributed by atoms with E-state index < -0.39 is 11.5 Å². The zero-order valence-electron chi connectivity index (χ0n) is 11.4. The van der Waals surface area contributed by atoms with Gasteiger partial charge in [0.15, 0.2) is 5.60 Å². The van der Waals surface area contributed by atoms with Crippen LogP contribution in [0.2, 0.25) is 0 Å². The highest BCUT2D eigenvalue weighted by Crippen LogP contribution is 2.40. The van der Waals surface area contributed by atoms with Gasteiger partial charge in [-0.2, -0.15) is 0 Å². The molecule has 0 saturated carbocycles. The number of anilines is 2. The molecule has 2 aromatic rings. The molecule has 4 heteroatoms. The summed E-state index contributed by atoms with van der Waals surface area (Å²) >= 11 is 0. The fourth-order valence-corrected chi connectivity index (χ4v) is 2.53. The van der Waals surface area contributed by atoms with Gasteiger partial charge in [-0.05, 0) is 23.8 Å². The predicted octanol–water partition coefficient (Wildman–Crippen LogP) is 1.94. The molecule has 20 heavy (non-hydrogen) atoms. The molecule has 0 aliphatic carbocycles. The first-order chi connectivity index (χ1) is 9.53. The van der Waals surface area contributed by atoms with Crippen LogP contribution in [0.4, 0.5) is 11.4 Å². The monoisotopic (exact) mass is 268 g/mol. The lowest BCUT2D eigenvalue weighted by molar-refractivity contribution is -0.129. The SMILES string of the molecule is CN(C)c1ccc(C2(O)C(=O)Nc3ccccc32)cc1. The van der Waals surface area contributed by atoms with Crippen LogP contribution < -0.4 is 10.2 Å². The number of benzene rings is 2. The van der Waals surface area contributed by atoms with Gasteiger partial charge >= 0.3 is 0 Å². The van der Waals surface area contributed by atoms with Crippen LogP contribution in [0.3, 0.4) is 0 Å². The van der Waals surface area contributed by atoms with E-state index in [4.69, 9.17) is 0 Å². The molecule has 0 radical (unpaired) electrons. The Bertz CT molecular complexity index is 664. The van der Waals surface area contributed by atoms with Crippen molar-refractivity contribution in [3.05, 3.63) is 59.7 Å². The van der Waals surface area contributed by atoms with Gasteiger partial charge in [0, 0.05) is 31.0 Å². The quantitative estimate of drug-likeness (QED) is 0.875. The molecule has 0 bridgehead atoms. The van der Waals surface area contributed by atoms with Gasteiger partial charge in [-0.25, -0.2) is 0 Å². The lowest BCUT2D eigenvalue weighted by Gasteiger charge is -2.22. The Morgan fingerprint density at radius 3 is 2.35 bits per heavy atom. The largest absolute Gasteiger partial charge is 0.378 e. The summed E-state index contributed by atoms with van der Waals surface area (Å²) in [6.07, 6.45) is 0. The van der Waals surface area contributed by atoms with Crippen LogP contribution in [-0.4, -0.2) is 25.1 Å². The minimum Gasteiger partial charge on any atom is -0.378 e. The number of rotatable bonds is 2. The van der Waals surface area contributed by atoms with Crippen LogP contribution >= 0.6 is 0 Å². The number of nitrogens with one attached hydrogen (secondary N) is 1.